The molecule has 0 fully saturated rings. The molecule has 0 heterocycles. The van der Waals surface area contributed by atoms with Crippen LogP contribution in [-0.2, 0) is 9.53 Å². The highest BCUT2D eigenvalue weighted by Gasteiger charge is 2.15. The molecule has 0 aromatic heterocycles. The van der Waals surface area contributed by atoms with Gasteiger partial charge >= 0.3 is 5.97 Å². The summed E-state index contributed by atoms with van der Waals surface area (Å²) in [5.41, 5.74) is 8.90. The van der Waals surface area contributed by atoms with Gasteiger partial charge < -0.3 is 15.8 Å². The molecule has 0 atom stereocenters. The Hall–Kier alpha value is -2.04. The molecule has 0 spiro atoms. The van der Waals surface area contributed by atoms with Crippen LogP contribution in [0.4, 0.5) is 5.69 Å². The van der Waals surface area contributed by atoms with Gasteiger partial charge in [0.2, 0.25) is 0 Å². The smallest absolute Gasteiger partial charge is 0.306 e. The summed E-state index contributed by atoms with van der Waals surface area (Å²) in [6.45, 7) is 10.4. The van der Waals surface area contributed by atoms with Crippen LogP contribution in [0.15, 0.2) is 23.2 Å². The van der Waals surface area contributed by atoms with Crippen LogP contribution in [-0.4, -0.2) is 24.1 Å². The number of aliphatic imine (C=N–C) groups is 1. The summed E-state index contributed by atoms with van der Waals surface area (Å²) in [5, 5.41) is 3.10. The third kappa shape index (κ3) is 8.56. The molecule has 0 amide bonds. The fourth-order valence-corrected chi connectivity index (χ4v) is 2.16. The molecule has 3 N–H and O–H groups in total. The first-order valence-corrected chi connectivity index (χ1v) is 8.53. The van der Waals surface area contributed by atoms with E-state index in [1.165, 1.54) is 11.1 Å². The van der Waals surface area contributed by atoms with E-state index in [-0.39, 0.29) is 5.97 Å². The molecule has 1 rings (SSSR count). The van der Waals surface area contributed by atoms with Crippen molar-refractivity contribution in [2.24, 2.45) is 10.7 Å². The first-order valence-electron chi connectivity index (χ1n) is 8.53. The number of ether oxygens (including phenoxy) is 1. The molecule has 0 saturated carbocycles. The molecule has 0 saturated heterocycles. The second-order valence-electron chi connectivity index (χ2n) is 7.09. The Morgan fingerprint density at radius 2 is 1.88 bits per heavy atom. The van der Waals surface area contributed by atoms with Gasteiger partial charge in [-0.3, -0.25) is 9.79 Å². The van der Waals surface area contributed by atoms with E-state index in [0.29, 0.717) is 18.9 Å². The van der Waals surface area contributed by atoms with Gasteiger partial charge in [-0.1, -0.05) is 12.5 Å². The fourth-order valence-electron chi connectivity index (χ4n) is 2.16. The van der Waals surface area contributed by atoms with Gasteiger partial charge in [0.05, 0.1) is 0 Å². The van der Waals surface area contributed by atoms with Gasteiger partial charge in [-0.25, -0.2) is 0 Å². The first kappa shape index (κ1) is 20.0. The van der Waals surface area contributed by atoms with Crippen LogP contribution < -0.4 is 11.1 Å². The van der Waals surface area contributed by atoms with Crippen molar-refractivity contribution in [3.8, 4) is 0 Å². The summed E-state index contributed by atoms with van der Waals surface area (Å²) in [5.74, 6) is 0.285. The van der Waals surface area contributed by atoms with E-state index < -0.39 is 5.60 Å². The van der Waals surface area contributed by atoms with Gasteiger partial charge in [0.1, 0.15) is 5.60 Å². The summed E-state index contributed by atoms with van der Waals surface area (Å²) in [7, 11) is 0. The molecule has 0 unspecified atom stereocenters. The highest BCUT2D eigenvalue weighted by molar-refractivity contribution is 5.92. The van der Waals surface area contributed by atoms with Crippen LogP contribution in [0.5, 0.6) is 0 Å². The van der Waals surface area contributed by atoms with Crippen molar-refractivity contribution < 1.29 is 9.53 Å². The molecule has 5 nitrogen and oxygen atoms in total. The zero-order chi connectivity index (χ0) is 18.2. The number of hydrogen-bond donors (Lipinski definition) is 2. The van der Waals surface area contributed by atoms with Crippen molar-refractivity contribution in [1.29, 1.82) is 0 Å². The highest BCUT2D eigenvalue weighted by atomic mass is 16.6. The van der Waals surface area contributed by atoms with Gasteiger partial charge in [0.15, 0.2) is 5.96 Å². The zero-order valence-electron chi connectivity index (χ0n) is 15.6. The maximum absolute atomic E-state index is 11.6. The normalized spacial score (nSPS) is 12.1. The number of esters is 1. The van der Waals surface area contributed by atoms with Crippen molar-refractivity contribution in [1.82, 2.24) is 0 Å². The Bertz CT molecular complexity index is 574. The minimum Gasteiger partial charge on any atom is -0.460 e. The minimum absolute atomic E-state index is 0.137. The second kappa shape index (κ2) is 9.30. The number of nitrogens with two attached hydrogens (primary N) is 1. The molecular formula is C19H31N3O2. The van der Waals surface area contributed by atoms with Crippen molar-refractivity contribution in [3.63, 3.8) is 0 Å². The Balaban J connectivity index is 2.22. The van der Waals surface area contributed by atoms with Crippen LogP contribution in [0, 0.1) is 13.8 Å². The van der Waals surface area contributed by atoms with Crippen molar-refractivity contribution >= 4 is 17.6 Å². The second-order valence-corrected chi connectivity index (χ2v) is 7.09. The molecule has 24 heavy (non-hydrogen) atoms. The average Bonchev–Trinajstić information content (AvgIpc) is 2.44. The number of hydrogen-bond acceptors (Lipinski definition) is 3. The molecule has 0 aliphatic carbocycles. The molecule has 0 aliphatic heterocycles. The molecule has 0 aliphatic rings. The molecule has 1 aromatic carbocycles. The number of carbonyl (C=O) groups is 1. The quantitative estimate of drug-likeness (QED) is 0.343. The summed E-state index contributed by atoms with van der Waals surface area (Å²) >= 11 is 0. The Labute approximate surface area is 145 Å². The lowest BCUT2D eigenvalue weighted by atomic mass is 10.1. The van der Waals surface area contributed by atoms with Gasteiger partial charge in [0, 0.05) is 18.7 Å². The predicted molar refractivity (Wildman–Crippen MR) is 100 cm³/mol. The van der Waals surface area contributed by atoms with E-state index in [1.54, 1.807) is 0 Å². The maximum Gasteiger partial charge on any atom is 0.306 e. The maximum atomic E-state index is 11.6. The summed E-state index contributed by atoms with van der Waals surface area (Å²) in [6, 6.07) is 6.10. The average molecular weight is 333 g/mol. The van der Waals surface area contributed by atoms with E-state index >= 15 is 0 Å². The molecule has 0 radical (unpaired) electrons. The lowest BCUT2D eigenvalue weighted by molar-refractivity contribution is -0.154. The van der Waals surface area contributed by atoms with Crippen LogP contribution in [0.2, 0.25) is 0 Å². The van der Waals surface area contributed by atoms with Crippen LogP contribution in [0.1, 0.15) is 57.6 Å². The zero-order valence-corrected chi connectivity index (χ0v) is 15.6. The number of anilines is 1. The van der Waals surface area contributed by atoms with Crippen molar-refractivity contribution in [2.75, 3.05) is 11.9 Å². The number of nitrogens with zero attached hydrogens (tertiary/aromatic N) is 1. The fraction of sp³-hybridized carbons (Fsp3) is 0.579. The molecule has 5 heteroatoms. The molecule has 1 aromatic rings. The van der Waals surface area contributed by atoms with E-state index in [9.17, 15) is 4.79 Å². The first-order chi connectivity index (χ1) is 11.2. The lowest BCUT2D eigenvalue weighted by Crippen LogP contribution is -2.23. The molecular weight excluding hydrogens is 302 g/mol. The number of aryl methyl sites for hydroxylation is 2. The SMILES string of the molecule is Cc1ccc(NC(N)=NCCCCCC(=O)OC(C)(C)C)cc1C. The number of unbranched alkanes of at least 4 members (excludes halogenated alkanes) is 2. The standard InChI is InChI=1S/C19H31N3O2/c1-14-10-11-16(13-15(14)2)22-18(20)21-12-8-6-7-9-17(23)24-19(3,4)5/h10-11,13H,6-9,12H2,1-5H3,(H3,20,21,22). The van der Waals surface area contributed by atoms with Crippen LogP contribution >= 0.6 is 0 Å². The number of benzene rings is 1. The van der Waals surface area contributed by atoms with Crippen LogP contribution in [0.3, 0.4) is 0 Å². The van der Waals surface area contributed by atoms with Gasteiger partial charge in [-0.05, 0) is 70.7 Å². The van der Waals surface area contributed by atoms with Gasteiger partial charge in [0.25, 0.3) is 0 Å². The number of rotatable bonds is 7. The number of guanidine groups is 1. The third-order valence-electron chi connectivity index (χ3n) is 3.52. The highest BCUT2D eigenvalue weighted by Crippen LogP contribution is 2.14. The third-order valence-corrected chi connectivity index (χ3v) is 3.52. The Morgan fingerprint density at radius 3 is 2.50 bits per heavy atom. The van der Waals surface area contributed by atoms with Crippen molar-refractivity contribution in [2.45, 2.75) is 65.9 Å². The Kier molecular flexibility index (Phi) is 7.75. The van der Waals surface area contributed by atoms with E-state index in [0.717, 1.165) is 24.9 Å². The minimum atomic E-state index is -0.407. The van der Waals surface area contributed by atoms with E-state index in [2.05, 4.69) is 36.3 Å². The monoisotopic (exact) mass is 333 g/mol. The predicted octanol–water partition coefficient (Wildman–Crippen LogP) is 3.93. The molecule has 134 valence electrons. The van der Waals surface area contributed by atoms with E-state index in [4.69, 9.17) is 10.5 Å². The summed E-state index contributed by atoms with van der Waals surface area (Å²) in [6.07, 6.45) is 3.10. The lowest BCUT2D eigenvalue weighted by Gasteiger charge is -2.19. The van der Waals surface area contributed by atoms with Crippen molar-refractivity contribution in [3.05, 3.63) is 29.3 Å². The molecule has 0 bridgehead atoms. The Morgan fingerprint density at radius 1 is 1.17 bits per heavy atom. The largest absolute Gasteiger partial charge is 0.460 e. The number of nitrogens with one attached hydrogen (secondary N) is 1. The van der Waals surface area contributed by atoms with Crippen LogP contribution in [0.25, 0.3) is 0 Å². The van der Waals surface area contributed by atoms with E-state index in [1.807, 2.05) is 26.8 Å². The van der Waals surface area contributed by atoms with Gasteiger partial charge in [-0.2, -0.15) is 0 Å². The summed E-state index contributed by atoms with van der Waals surface area (Å²) < 4.78 is 5.27. The van der Waals surface area contributed by atoms with Gasteiger partial charge in [-0.15, -0.1) is 0 Å². The summed E-state index contributed by atoms with van der Waals surface area (Å²) in [4.78, 5) is 15.9. The topological polar surface area (TPSA) is 76.7 Å². The number of carbonyl (C=O) groups excluding carboxylic acids is 1.